The second-order valence-corrected chi connectivity index (χ2v) is 9.79. The fourth-order valence-electron chi connectivity index (χ4n) is 5.64. The summed E-state index contributed by atoms with van der Waals surface area (Å²) in [5, 5.41) is 0. The number of hydrogen-bond acceptors (Lipinski definition) is 4. The van der Waals surface area contributed by atoms with Crippen LogP contribution in [0.5, 0.6) is 5.75 Å². The highest BCUT2D eigenvalue weighted by molar-refractivity contribution is 5.97. The first-order valence-electron chi connectivity index (χ1n) is 12.4. The summed E-state index contributed by atoms with van der Waals surface area (Å²) >= 11 is 0. The smallest absolute Gasteiger partial charge is 0.315 e. The topological polar surface area (TPSA) is 46.6 Å². The second kappa shape index (κ2) is 9.48. The van der Waals surface area contributed by atoms with Crippen molar-refractivity contribution in [1.29, 1.82) is 0 Å². The molecule has 0 atom stereocenters. The van der Waals surface area contributed by atoms with Crippen LogP contribution in [0.2, 0.25) is 0 Å². The Morgan fingerprint density at radius 3 is 2.44 bits per heavy atom. The van der Waals surface area contributed by atoms with Crippen LogP contribution < -0.4 is 9.64 Å². The summed E-state index contributed by atoms with van der Waals surface area (Å²) in [4.78, 5) is 26.6. The minimum Gasteiger partial charge on any atom is -0.426 e. The Kier molecular flexibility index (Phi) is 6.29. The molecule has 1 aliphatic carbocycles. The van der Waals surface area contributed by atoms with Crippen molar-refractivity contribution in [3.05, 3.63) is 59.2 Å². The zero-order valence-electron chi connectivity index (χ0n) is 18.9. The van der Waals surface area contributed by atoms with E-state index in [1.165, 1.54) is 43.4 Å². The van der Waals surface area contributed by atoms with Crippen LogP contribution in [0.15, 0.2) is 42.5 Å². The molecule has 0 radical (unpaired) electrons. The minimum absolute atomic E-state index is 0.150. The molecule has 0 amide bonds. The van der Waals surface area contributed by atoms with Crippen molar-refractivity contribution >= 4 is 17.4 Å². The number of ketones is 1. The molecule has 0 N–H and O–H groups in total. The lowest BCUT2D eigenvalue weighted by Gasteiger charge is -2.34. The maximum atomic E-state index is 12.7. The molecule has 0 aromatic heterocycles. The molecular weight excluding hydrogens is 398 g/mol. The maximum Gasteiger partial charge on any atom is 0.315 e. The molecule has 2 aromatic carbocycles. The highest BCUT2D eigenvalue weighted by Crippen LogP contribution is 2.34. The molecule has 0 unspecified atom stereocenters. The number of carbonyl (C=O) groups is 2. The number of fused-ring (bicyclic) bond motifs is 1. The lowest BCUT2D eigenvalue weighted by Crippen LogP contribution is -2.33. The molecule has 2 heterocycles. The number of nitrogens with zero attached hydrogens (tertiary/aromatic N) is 1. The third-order valence-corrected chi connectivity index (χ3v) is 7.68. The number of ether oxygens (including phenoxy) is 1. The predicted molar refractivity (Wildman–Crippen MR) is 127 cm³/mol. The number of Topliss-reactive ketones (excluding diaryl/α,β-unsaturated/α-hetero) is 1. The monoisotopic (exact) mass is 431 g/mol. The molecule has 1 saturated heterocycles. The number of benzene rings is 2. The van der Waals surface area contributed by atoms with Gasteiger partial charge in [-0.05, 0) is 67.7 Å². The molecule has 2 aromatic rings. The largest absolute Gasteiger partial charge is 0.426 e. The van der Waals surface area contributed by atoms with Gasteiger partial charge in [-0.2, -0.15) is 0 Å². The molecule has 4 nitrogen and oxygen atoms in total. The fourth-order valence-corrected chi connectivity index (χ4v) is 5.64. The van der Waals surface area contributed by atoms with Crippen molar-refractivity contribution < 1.29 is 14.3 Å². The number of rotatable bonds is 6. The van der Waals surface area contributed by atoms with Crippen molar-refractivity contribution in [2.45, 2.75) is 70.1 Å². The van der Waals surface area contributed by atoms with Crippen LogP contribution in [0.4, 0.5) is 5.69 Å². The van der Waals surface area contributed by atoms with Gasteiger partial charge in [0, 0.05) is 36.3 Å². The van der Waals surface area contributed by atoms with Crippen LogP contribution >= 0.6 is 0 Å². The van der Waals surface area contributed by atoms with Crippen LogP contribution in [0.3, 0.4) is 0 Å². The summed E-state index contributed by atoms with van der Waals surface area (Å²) in [6.07, 6.45) is 10.9. The lowest BCUT2D eigenvalue weighted by atomic mass is 9.84. The Morgan fingerprint density at radius 1 is 0.938 bits per heavy atom. The summed E-state index contributed by atoms with van der Waals surface area (Å²) in [5.74, 6) is 1.84. The van der Waals surface area contributed by atoms with Gasteiger partial charge in [-0.1, -0.05) is 43.5 Å². The van der Waals surface area contributed by atoms with Crippen LogP contribution in [0.25, 0.3) is 0 Å². The van der Waals surface area contributed by atoms with E-state index in [9.17, 15) is 9.59 Å². The summed E-state index contributed by atoms with van der Waals surface area (Å²) < 4.78 is 5.19. The predicted octanol–water partition coefficient (Wildman–Crippen LogP) is 6.08. The van der Waals surface area contributed by atoms with E-state index in [0.717, 1.165) is 43.8 Å². The summed E-state index contributed by atoms with van der Waals surface area (Å²) in [5.41, 5.74) is 4.40. The number of anilines is 1. The number of esters is 1. The first-order valence-corrected chi connectivity index (χ1v) is 12.4. The van der Waals surface area contributed by atoms with Gasteiger partial charge in [0.15, 0.2) is 5.78 Å². The number of hydrogen-bond donors (Lipinski definition) is 0. The normalized spacial score (nSPS) is 19.6. The van der Waals surface area contributed by atoms with E-state index in [4.69, 9.17) is 4.74 Å². The number of carbonyl (C=O) groups excluding carboxylic acids is 2. The van der Waals surface area contributed by atoms with Crippen molar-refractivity contribution in [3.63, 3.8) is 0 Å². The standard InChI is InChI=1S/C28H33NO3/c30-26(23-7-8-24-19-28(31)32-27(24)18-23)13-6-20-14-16-29(17-15-20)25-11-9-22(10-12-25)21-4-2-1-3-5-21/h7-12,18,20-21H,1-6,13-17,19H2. The van der Waals surface area contributed by atoms with Gasteiger partial charge in [0.05, 0.1) is 6.42 Å². The molecular formula is C28H33NO3. The quantitative estimate of drug-likeness (QED) is 0.316. The zero-order chi connectivity index (χ0) is 21.9. The molecule has 5 rings (SSSR count). The van der Waals surface area contributed by atoms with E-state index in [0.29, 0.717) is 30.1 Å². The van der Waals surface area contributed by atoms with Crippen molar-refractivity contribution in [1.82, 2.24) is 0 Å². The maximum absolute atomic E-state index is 12.7. The number of piperidine rings is 1. The van der Waals surface area contributed by atoms with Gasteiger partial charge in [0.2, 0.25) is 0 Å². The van der Waals surface area contributed by atoms with Crippen molar-refractivity contribution in [2.24, 2.45) is 5.92 Å². The average Bonchev–Trinajstić information content (AvgIpc) is 3.23. The highest BCUT2D eigenvalue weighted by atomic mass is 16.5. The summed E-state index contributed by atoms with van der Waals surface area (Å²) in [6, 6.07) is 14.8. The van der Waals surface area contributed by atoms with Gasteiger partial charge in [-0.15, -0.1) is 0 Å². The highest BCUT2D eigenvalue weighted by Gasteiger charge is 2.24. The van der Waals surface area contributed by atoms with Gasteiger partial charge in [-0.25, -0.2) is 0 Å². The zero-order valence-corrected chi connectivity index (χ0v) is 18.9. The molecule has 0 spiro atoms. The SMILES string of the molecule is O=C1Cc2ccc(C(=O)CCC3CCN(c4ccc(C5CCCCC5)cc4)CC3)cc2O1. The van der Waals surface area contributed by atoms with Gasteiger partial charge >= 0.3 is 5.97 Å². The molecule has 2 aliphatic heterocycles. The fraction of sp³-hybridized carbons (Fsp3) is 0.500. The van der Waals surface area contributed by atoms with Crippen LogP contribution in [0.1, 0.15) is 85.2 Å². The second-order valence-electron chi connectivity index (χ2n) is 9.79. The third kappa shape index (κ3) is 4.74. The van der Waals surface area contributed by atoms with E-state index in [1.807, 2.05) is 12.1 Å². The third-order valence-electron chi connectivity index (χ3n) is 7.68. The van der Waals surface area contributed by atoms with E-state index in [2.05, 4.69) is 29.2 Å². The minimum atomic E-state index is -0.236. The van der Waals surface area contributed by atoms with Crippen LogP contribution in [0, 0.1) is 5.92 Å². The average molecular weight is 432 g/mol. The lowest BCUT2D eigenvalue weighted by molar-refractivity contribution is -0.131. The Labute approximate surface area is 191 Å². The van der Waals surface area contributed by atoms with Gasteiger partial charge in [0.25, 0.3) is 0 Å². The van der Waals surface area contributed by atoms with Crippen molar-refractivity contribution in [2.75, 3.05) is 18.0 Å². The Balaban J connectivity index is 1.09. The molecule has 0 bridgehead atoms. The van der Waals surface area contributed by atoms with Gasteiger partial charge in [-0.3, -0.25) is 9.59 Å². The molecule has 4 heteroatoms. The van der Waals surface area contributed by atoms with E-state index < -0.39 is 0 Å². The first-order chi connectivity index (χ1) is 15.7. The van der Waals surface area contributed by atoms with E-state index >= 15 is 0 Å². The summed E-state index contributed by atoms with van der Waals surface area (Å²) in [6.45, 7) is 2.13. The summed E-state index contributed by atoms with van der Waals surface area (Å²) in [7, 11) is 0. The molecule has 2 fully saturated rings. The van der Waals surface area contributed by atoms with E-state index in [-0.39, 0.29) is 11.8 Å². The first kappa shape index (κ1) is 21.2. The Bertz CT molecular complexity index is 967. The van der Waals surface area contributed by atoms with Crippen LogP contribution in [-0.4, -0.2) is 24.8 Å². The Morgan fingerprint density at radius 2 is 1.69 bits per heavy atom. The van der Waals surface area contributed by atoms with Crippen molar-refractivity contribution in [3.8, 4) is 5.75 Å². The molecule has 3 aliphatic rings. The van der Waals surface area contributed by atoms with Gasteiger partial charge < -0.3 is 9.64 Å². The van der Waals surface area contributed by atoms with E-state index in [1.54, 1.807) is 6.07 Å². The van der Waals surface area contributed by atoms with Crippen LogP contribution in [-0.2, 0) is 11.2 Å². The van der Waals surface area contributed by atoms with Gasteiger partial charge in [0.1, 0.15) is 5.75 Å². The Hall–Kier alpha value is -2.62. The molecule has 32 heavy (non-hydrogen) atoms. The molecule has 1 saturated carbocycles. The molecule has 168 valence electrons.